The third-order valence-corrected chi connectivity index (χ3v) is 9.77. The molecule has 0 aliphatic heterocycles. The van der Waals surface area contributed by atoms with Crippen LogP contribution in [0.1, 0.15) is 0 Å². The summed E-state index contributed by atoms with van der Waals surface area (Å²) in [5, 5.41) is 17.9. The Kier molecular flexibility index (Phi) is 14.5. The first-order valence-corrected chi connectivity index (χ1v) is 12.7. The SMILES string of the molecule is C#CCNP(N=P(N=P(N)(NCC#C)NCC#C)(NC#C)NCC#C)NCC#C. The molecule has 0 aliphatic carbocycles. The van der Waals surface area contributed by atoms with Gasteiger partial charge in [-0.3, -0.25) is 20.8 Å². The molecular weight excluding hydrogens is 423 g/mol. The van der Waals surface area contributed by atoms with Crippen LogP contribution in [0.3, 0.4) is 0 Å². The normalized spacial score (nSPS) is 12.0. The summed E-state index contributed by atoms with van der Waals surface area (Å²) in [7, 11) is -7.41. The Morgan fingerprint density at radius 2 is 1.17 bits per heavy atom. The minimum absolute atomic E-state index is 0.118. The molecule has 0 aromatic carbocycles. The number of rotatable bonds is 13. The van der Waals surface area contributed by atoms with Crippen molar-refractivity contribution in [1.82, 2.24) is 30.5 Å². The van der Waals surface area contributed by atoms with Gasteiger partial charge in [-0.15, -0.1) is 32.1 Å². The largest absolute Gasteiger partial charge is 0.282 e. The Labute approximate surface area is 175 Å². The first kappa shape index (κ1) is 26.8. The highest BCUT2D eigenvalue weighted by atomic mass is 31.2. The predicted octanol–water partition coefficient (Wildman–Crippen LogP) is 0.359. The van der Waals surface area contributed by atoms with Gasteiger partial charge >= 0.3 is 0 Å². The minimum atomic E-state index is -3.05. The number of nitrogens with one attached hydrogen (secondary N) is 6. The van der Waals surface area contributed by atoms with Gasteiger partial charge in [0.1, 0.15) is 0 Å². The summed E-state index contributed by atoms with van der Waals surface area (Å²) in [6, 6.07) is 2.35. The molecule has 9 nitrogen and oxygen atoms in total. The van der Waals surface area contributed by atoms with E-state index in [1.165, 1.54) is 0 Å². The second kappa shape index (κ2) is 15.7. The van der Waals surface area contributed by atoms with Crippen LogP contribution in [-0.4, -0.2) is 32.7 Å². The van der Waals surface area contributed by atoms with E-state index in [-0.39, 0.29) is 32.7 Å². The number of hydrogen-bond donors (Lipinski definition) is 7. The molecule has 0 rings (SSSR count). The van der Waals surface area contributed by atoms with Gasteiger partial charge in [-0.2, -0.15) is 9.03 Å². The monoisotopic (exact) mass is 447 g/mol. The summed E-state index contributed by atoms with van der Waals surface area (Å²) >= 11 is 0. The van der Waals surface area contributed by atoms with Crippen molar-refractivity contribution in [3.63, 3.8) is 0 Å². The zero-order chi connectivity index (χ0) is 22.0. The molecule has 0 amide bonds. The van der Waals surface area contributed by atoms with Crippen LogP contribution in [0.5, 0.6) is 0 Å². The van der Waals surface area contributed by atoms with Crippen LogP contribution >= 0.6 is 23.4 Å². The average molecular weight is 447 g/mol. The Bertz CT molecular complexity index is 844. The zero-order valence-corrected chi connectivity index (χ0v) is 18.5. The minimum Gasteiger partial charge on any atom is -0.282 e. The molecule has 152 valence electrons. The van der Waals surface area contributed by atoms with Crippen LogP contribution < -0.4 is 36.0 Å². The Morgan fingerprint density at radius 3 is 1.59 bits per heavy atom. The van der Waals surface area contributed by atoms with Gasteiger partial charge in [-0.1, -0.05) is 36.0 Å². The van der Waals surface area contributed by atoms with Crippen molar-refractivity contribution >= 4 is 23.4 Å². The first-order valence-electron chi connectivity index (χ1n) is 7.92. The topological polar surface area (TPSA) is 123 Å². The fourth-order valence-corrected chi connectivity index (χ4v) is 8.51. The van der Waals surface area contributed by atoms with Crippen molar-refractivity contribution in [3.8, 4) is 74.2 Å². The lowest BCUT2D eigenvalue weighted by molar-refractivity contribution is 1.01. The molecule has 0 radical (unpaired) electrons. The average Bonchev–Trinajstić information content (AvgIpc) is 2.71. The lowest BCUT2D eigenvalue weighted by atomic mass is 10.7. The summed E-state index contributed by atoms with van der Waals surface area (Å²) < 4.78 is 9.40. The van der Waals surface area contributed by atoms with Crippen molar-refractivity contribution < 1.29 is 0 Å². The molecule has 0 bridgehead atoms. The van der Waals surface area contributed by atoms with E-state index in [9.17, 15) is 0 Å². The van der Waals surface area contributed by atoms with E-state index in [0.717, 1.165) is 0 Å². The van der Waals surface area contributed by atoms with Crippen LogP contribution in [0.2, 0.25) is 0 Å². The van der Waals surface area contributed by atoms with E-state index in [1.54, 1.807) is 0 Å². The zero-order valence-electron chi connectivity index (χ0n) is 15.8. The van der Waals surface area contributed by atoms with Gasteiger partial charge in [0.2, 0.25) is 7.51 Å². The van der Waals surface area contributed by atoms with Crippen molar-refractivity contribution in [2.75, 3.05) is 32.7 Å². The van der Waals surface area contributed by atoms with Crippen LogP contribution in [-0.2, 0) is 0 Å². The van der Waals surface area contributed by atoms with Crippen LogP contribution in [0.15, 0.2) is 9.03 Å². The number of hydrogen-bond acceptors (Lipinski definition) is 3. The van der Waals surface area contributed by atoms with Gasteiger partial charge in [0.05, 0.1) is 32.7 Å². The number of nitrogens with two attached hydrogens (primary N) is 1. The third kappa shape index (κ3) is 11.4. The smallest absolute Gasteiger partial charge is 0.247 e. The Morgan fingerprint density at radius 1 is 0.724 bits per heavy atom. The molecule has 1 atom stereocenters. The predicted molar refractivity (Wildman–Crippen MR) is 126 cm³/mol. The molecule has 0 aromatic heterocycles. The fraction of sp³-hybridized carbons (Fsp3) is 0.294. The van der Waals surface area contributed by atoms with E-state index in [4.69, 9.17) is 53.1 Å². The molecule has 12 heteroatoms. The second-order valence-corrected chi connectivity index (χ2v) is 11.2. The Hall–Kier alpha value is -2.19. The van der Waals surface area contributed by atoms with Gasteiger partial charge in [0, 0.05) is 6.04 Å². The van der Waals surface area contributed by atoms with Gasteiger partial charge in [0.15, 0.2) is 15.9 Å². The lowest BCUT2D eigenvalue weighted by Gasteiger charge is -2.28. The molecular formula is C17H24N9P3. The maximum atomic E-state index is 6.43. The molecule has 0 heterocycles. The highest BCUT2D eigenvalue weighted by molar-refractivity contribution is 7.75. The maximum Gasteiger partial charge on any atom is 0.247 e. The fourth-order valence-electron chi connectivity index (χ4n) is 1.56. The molecule has 0 aromatic rings. The molecule has 1 unspecified atom stereocenters. The highest BCUT2D eigenvalue weighted by Crippen LogP contribution is 2.56. The standard InChI is InChI=1S/C17H24N9P3/c1-7-13-19-27(20-14-8-2)25-29(21-12-6,24-17-11-5)26-28(18,22-15-9-3)23-16-10-4/h1-6,19-24H,13-18H2. The van der Waals surface area contributed by atoms with Crippen molar-refractivity contribution in [2.45, 2.75) is 0 Å². The summed E-state index contributed by atoms with van der Waals surface area (Å²) in [6.07, 6.45) is 32.2. The van der Waals surface area contributed by atoms with Gasteiger partial charge in [-0.05, 0) is 0 Å². The number of nitrogens with zero attached hydrogens (tertiary/aromatic N) is 2. The lowest BCUT2D eigenvalue weighted by Crippen LogP contribution is -2.30. The van der Waals surface area contributed by atoms with Crippen LogP contribution in [0.4, 0.5) is 0 Å². The van der Waals surface area contributed by atoms with E-state index in [1.807, 2.05) is 0 Å². The van der Waals surface area contributed by atoms with Gasteiger partial charge in [-0.25, -0.2) is 15.3 Å². The summed E-state index contributed by atoms with van der Waals surface area (Å²) in [5.74, 6) is 12.3. The van der Waals surface area contributed by atoms with E-state index in [0.29, 0.717) is 0 Å². The molecule has 0 saturated carbocycles. The van der Waals surface area contributed by atoms with E-state index < -0.39 is 23.4 Å². The van der Waals surface area contributed by atoms with Crippen LogP contribution in [0, 0.1) is 74.2 Å². The summed E-state index contributed by atoms with van der Waals surface area (Å²) in [6.45, 7) is 0.899. The molecule has 0 fully saturated rings. The van der Waals surface area contributed by atoms with Crippen LogP contribution in [0.25, 0.3) is 0 Å². The molecule has 0 spiro atoms. The maximum absolute atomic E-state index is 6.43. The van der Waals surface area contributed by atoms with Gasteiger partial charge < -0.3 is 0 Å². The van der Waals surface area contributed by atoms with E-state index in [2.05, 4.69) is 66.2 Å². The van der Waals surface area contributed by atoms with Crippen molar-refractivity contribution in [3.05, 3.63) is 0 Å². The van der Waals surface area contributed by atoms with E-state index >= 15 is 0 Å². The molecule has 0 saturated heterocycles. The molecule has 0 aliphatic rings. The second-order valence-electron chi connectivity index (χ2n) is 4.73. The number of terminal acetylenes is 6. The third-order valence-electron chi connectivity index (χ3n) is 2.62. The quantitative estimate of drug-likeness (QED) is 0.124. The van der Waals surface area contributed by atoms with Gasteiger partial charge in [0.25, 0.3) is 0 Å². The Balaban J connectivity index is 6.51. The van der Waals surface area contributed by atoms with Crippen molar-refractivity contribution in [1.29, 1.82) is 0 Å². The molecule has 29 heavy (non-hydrogen) atoms. The first-order chi connectivity index (χ1) is 13.9. The summed E-state index contributed by atoms with van der Waals surface area (Å²) in [4.78, 5) is 0. The molecule has 8 N–H and O–H groups in total. The summed E-state index contributed by atoms with van der Waals surface area (Å²) in [5.41, 5.74) is 6.43. The van der Waals surface area contributed by atoms with Crippen molar-refractivity contribution in [2.24, 2.45) is 14.5 Å². The highest BCUT2D eigenvalue weighted by Gasteiger charge is 2.25.